The van der Waals surface area contributed by atoms with Crippen molar-refractivity contribution in [2.75, 3.05) is 4.72 Å². The Balaban J connectivity index is 1.70. The molecule has 26 heavy (non-hydrogen) atoms. The molecule has 0 saturated heterocycles. The zero-order chi connectivity index (χ0) is 18.0. The first kappa shape index (κ1) is 16.5. The first-order valence-electron chi connectivity index (χ1n) is 8.29. The summed E-state index contributed by atoms with van der Waals surface area (Å²) in [6, 6.07) is 19.4. The molecule has 0 aliphatic heterocycles. The summed E-state index contributed by atoms with van der Waals surface area (Å²) in [5, 5.41) is 0. The molecule has 4 rings (SSSR count). The summed E-state index contributed by atoms with van der Waals surface area (Å²) in [6.07, 6.45) is 2.11. The van der Waals surface area contributed by atoms with Crippen molar-refractivity contribution in [3.8, 4) is 17.1 Å². The van der Waals surface area contributed by atoms with E-state index in [1.807, 2.05) is 30.3 Å². The van der Waals surface area contributed by atoms with E-state index in [1.54, 1.807) is 24.3 Å². The smallest absolute Gasteiger partial charge is 0.264 e. The molecule has 0 unspecified atom stereocenters. The fourth-order valence-electron chi connectivity index (χ4n) is 2.42. The van der Waals surface area contributed by atoms with Crippen molar-refractivity contribution in [2.45, 2.75) is 23.8 Å². The number of nitrogens with zero attached hydrogens (tertiary/aromatic N) is 2. The quantitative estimate of drug-likeness (QED) is 0.721. The third-order valence-electron chi connectivity index (χ3n) is 3.86. The van der Waals surface area contributed by atoms with Gasteiger partial charge in [0.25, 0.3) is 10.0 Å². The van der Waals surface area contributed by atoms with Gasteiger partial charge in [-0.25, -0.2) is 18.1 Å². The van der Waals surface area contributed by atoms with Crippen molar-refractivity contribution < 1.29 is 13.2 Å². The molecule has 1 heterocycles. The summed E-state index contributed by atoms with van der Waals surface area (Å²) in [5.41, 5.74) is 1.46. The van der Waals surface area contributed by atoms with Gasteiger partial charge in [0.2, 0.25) is 11.8 Å². The molecule has 1 fully saturated rings. The molecule has 6 nitrogen and oxygen atoms in total. The molecular formula is C19H17N3O3S. The Kier molecular flexibility index (Phi) is 4.30. The molecule has 1 saturated carbocycles. The molecule has 1 aliphatic carbocycles. The summed E-state index contributed by atoms with van der Waals surface area (Å²) < 4.78 is 33.3. The first-order valence-corrected chi connectivity index (χ1v) is 9.77. The van der Waals surface area contributed by atoms with E-state index in [4.69, 9.17) is 4.74 Å². The minimum Gasteiger partial charge on any atom is -0.474 e. The van der Waals surface area contributed by atoms with Crippen LogP contribution in [0.1, 0.15) is 12.8 Å². The molecule has 1 aliphatic rings. The molecule has 0 bridgehead atoms. The van der Waals surface area contributed by atoms with E-state index in [0.29, 0.717) is 11.6 Å². The van der Waals surface area contributed by atoms with Gasteiger partial charge >= 0.3 is 0 Å². The van der Waals surface area contributed by atoms with Crippen LogP contribution in [0.4, 0.5) is 5.95 Å². The number of sulfonamides is 1. The molecule has 132 valence electrons. The number of nitrogens with one attached hydrogen (secondary N) is 1. The lowest BCUT2D eigenvalue weighted by Crippen LogP contribution is -2.15. The van der Waals surface area contributed by atoms with Crippen molar-refractivity contribution >= 4 is 16.0 Å². The molecule has 1 aromatic heterocycles. The van der Waals surface area contributed by atoms with E-state index < -0.39 is 10.0 Å². The van der Waals surface area contributed by atoms with Crippen LogP contribution < -0.4 is 9.46 Å². The molecule has 3 aromatic rings. The highest BCUT2D eigenvalue weighted by molar-refractivity contribution is 7.92. The second kappa shape index (κ2) is 6.76. The summed E-state index contributed by atoms with van der Waals surface area (Å²) in [6.45, 7) is 0. The molecular weight excluding hydrogens is 350 g/mol. The van der Waals surface area contributed by atoms with Crippen LogP contribution in [0, 0.1) is 0 Å². The number of anilines is 1. The molecule has 0 amide bonds. The molecule has 2 aromatic carbocycles. The lowest BCUT2D eigenvalue weighted by molar-refractivity contribution is 0.291. The Morgan fingerprint density at radius 1 is 0.923 bits per heavy atom. The Labute approximate surface area is 151 Å². The van der Waals surface area contributed by atoms with Gasteiger partial charge in [0.1, 0.15) is 6.10 Å². The predicted molar refractivity (Wildman–Crippen MR) is 98.4 cm³/mol. The second-order valence-electron chi connectivity index (χ2n) is 6.02. The maximum absolute atomic E-state index is 12.6. The van der Waals surface area contributed by atoms with Crippen LogP contribution in [0.5, 0.6) is 5.88 Å². The third kappa shape index (κ3) is 3.83. The lowest BCUT2D eigenvalue weighted by Gasteiger charge is -2.11. The van der Waals surface area contributed by atoms with Gasteiger partial charge < -0.3 is 4.74 Å². The number of ether oxygens (including phenoxy) is 1. The van der Waals surface area contributed by atoms with E-state index in [9.17, 15) is 8.42 Å². The van der Waals surface area contributed by atoms with Crippen LogP contribution in [0.2, 0.25) is 0 Å². The highest BCUT2D eigenvalue weighted by atomic mass is 32.2. The Bertz CT molecular complexity index is 1000. The van der Waals surface area contributed by atoms with Gasteiger partial charge in [-0.3, -0.25) is 0 Å². The van der Waals surface area contributed by atoms with Crippen molar-refractivity contribution in [3.05, 3.63) is 66.7 Å². The summed E-state index contributed by atoms with van der Waals surface area (Å²) >= 11 is 0. The summed E-state index contributed by atoms with van der Waals surface area (Å²) in [7, 11) is -3.77. The van der Waals surface area contributed by atoms with E-state index in [0.717, 1.165) is 18.4 Å². The molecule has 7 heteroatoms. The van der Waals surface area contributed by atoms with Crippen LogP contribution >= 0.6 is 0 Å². The third-order valence-corrected chi connectivity index (χ3v) is 5.21. The van der Waals surface area contributed by atoms with E-state index in [1.165, 1.54) is 12.1 Å². The van der Waals surface area contributed by atoms with Gasteiger partial charge in [-0.1, -0.05) is 48.5 Å². The average Bonchev–Trinajstić information content (AvgIpc) is 3.46. The molecule has 0 spiro atoms. The van der Waals surface area contributed by atoms with Gasteiger partial charge in [-0.15, -0.1) is 0 Å². The van der Waals surface area contributed by atoms with Gasteiger partial charge in [0.05, 0.1) is 10.6 Å². The highest BCUT2D eigenvalue weighted by Gasteiger charge is 2.25. The predicted octanol–water partition coefficient (Wildman–Crippen LogP) is 3.49. The zero-order valence-electron chi connectivity index (χ0n) is 13.9. The highest BCUT2D eigenvalue weighted by Crippen LogP contribution is 2.29. The van der Waals surface area contributed by atoms with Gasteiger partial charge in [0.15, 0.2) is 0 Å². The fraction of sp³-hybridized carbons (Fsp3) is 0.158. The summed E-state index contributed by atoms with van der Waals surface area (Å²) in [5.74, 6) is 0.359. The van der Waals surface area contributed by atoms with E-state index in [-0.39, 0.29) is 16.9 Å². The van der Waals surface area contributed by atoms with Crippen LogP contribution in [0.25, 0.3) is 11.3 Å². The lowest BCUT2D eigenvalue weighted by atomic mass is 10.1. The Morgan fingerprint density at radius 3 is 2.23 bits per heavy atom. The van der Waals surface area contributed by atoms with Gasteiger partial charge in [-0.05, 0) is 25.0 Å². The van der Waals surface area contributed by atoms with Crippen molar-refractivity contribution in [1.29, 1.82) is 0 Å². The molecule has 0 atom stereocenters. The number of aromatic nitrogens is 2. The summed E-state index contributed by atoms with van der Waals surface area (Å²) in [4.78, 5) is 8.74. The standard InChI is InChI=1S/C19H17N3O3S/c23-26(24,16-9-5-2-6-10-16)22-19-20-17(14-7-3-1-4-8-14)13-18(21-19)25-15-11-12-15/h1-10,13,15H,11-12H2,(H,20,21,22). The van der Waals surface area contributed by atoms with Crippen LogP contribution in [0.15, 0.2) is 71.6 Å². The number of rotatable bonds is 6. The van der Waals surface area contributed by atoms with E-state index in [2.05, 4.69) is 14.7 Å². The van der Waals surface area contributed by atoms with Crippen LogP contribution in [-0.4, -0.2) is 24.5 Å². The maximum Gasteiger partial charge on any atom is 0.264 e. The van der Waals surface area contributed by atoms with Crippen molar-refractivity contribution in [1.82, 2.24) is 9.97 Å². The Hall–Kier alpha value is -2.93. The van der Waals surface area contributed by atoms with Crippen LogP contribution in [-0.2, 0) is 10.0 Å². The second-order valence-corrected chi connectivity index (χ2v) is 7.70. The number of benzene rings is 2. The fourth-order valence-corrected chi connectivity index (χ4v) is 3.39. The SMILES string of the molecule is O=S(=O)(Nc1nc(OC2CC2)cc(-c2ccccc2)n1)c1ccccc1. The monoisotopic (exact) mass is 367 g/mol. The van der Waals surface area contributed by atoms with Crippen molar-refractivity contribution in [2.24, 2.45) is 0 Å². The topological polar surface area (TPSA) is 81.2 Å². The maximum atomic E-state index is 12.6. The average molecular weight is 367 g/mol. The Morgan fingerprint density at radius 2 is 1.58 bits per heavy atom. The number of hydrogen-bond donors (Lipinski definition) is 1. The first-order chi connectivity index (χ1) is 12.6. The molecule has 0 radical (unpaired) electrons. The molecule has 1 N–H and O–H groups in total. The van der Waals surface area contributed by atoms with E-state index >= 15 is 0 Å². The van der Waals surface area contributed by atoms with Gasteiger partial charge in [0, 0.05) is 11.6 Å². The van der Waals surface area contributed by atoms with Gasteiger partial charge in [-0.2, -0.15) is 4.98 Å². The van der Waals surface area contributed by atoms with Crippen molar-refractivity contribution in [3.63, 3.8) is 0 Å². The zero-order valence-corrected chi connectivity index (χ0v) is 14.7. The normalized spacial score (nSPS) is 14.0. The minimum absolute atomic E-state index is 0.00847. The minimum atomic E-state index is -3.77. The van der Waals surface area contributed by atoms with Crippen LogP contribution in [0.3, 0.4) is 0 Å². The number of hydrogen-bond acceptors (Lipinski definition) is 5. The largest absolute Gasteiger partial charge is 0.474 e.